The number of halogens is 2. The third kappa shape index (κ3) is 3.72. The Morgan fingerprint density at radius 1 is 1.17 bits per heavy atom. The van der Waals surface area contributed by atoms with E-state index >= 15 is 0 Å². The number of carbonyl (C=O) groups excluding carboxylic acids is 2. The number of hydrogen-bond donors (Lipinski definition) is 1. The normalized spacial score (nSPS) is 22.0. The molecule has 2 fully saturated rings. The van der Waals surface area contributed by atoms with Crippen LogP contribution >= 0.6 is 23.2 Å². The van der Waals surface area contributed by atoms with Crippen LogP contribution in [0.2, 0.25) is 10.0 Å². The number of benzene rings is 1. The fraction of sp³-hybridized carbons (Fsp3) is 0.500. The Hall–Kier alpha value is -1.46. The fourth-order valence-corrected chi connectivity index (χ4v) is 3.51. The van der Waals surface area contributed by atoms with Crippen molar-refractivity contribution in [1.29, 1.82) is 0 Å². The van der Waals surface area contributed by atoms with E-state index in [1.165, 1.54) is 0 Å². The third-order valence-electron chi connectivity index (χ3n) is 4.37. The highest BCUT2D eigenvalue weighted by Crippen LogP contribution is 2.29. The van der Waals surface area contributed by atoms with E-state index in [2.05, 4.69) is 10.2 Å². The first kappa shape index (κ1) is 16.4. The highest BCUT2D eigenvalue weighted by molar-refractivity contribution is 6.35. The summed E-state index contributed by atoms with van der Waals surface area (Å²) < 4.78 is 0. The van der Waals surface area contributed by atoms with Gasteiger partial charge in [-0.1, -0.05) is 23.2 Å². The number of carbonyl (C=O) groups is 2. The van der Waals surface area contributed by atoms with Gasteiger partial charge in [-0.05, 0) is 31.0 Å². The van der Waals surface area contributed by atoms with E-state index in [9.17, 15) is 9.59 Å². The first-order chi connectivity index (χ1) is 11.0. The SMILES string of the molecule is O=C1CCC[C@H](C(=O)N2CCN(c3cc(Cl)ccc3Cl)CC2)N1. The van der Waals surface area contributed by atoms with Crippen molar-refractivity contribution in [1.82, 2.24) is 10.2 Å². The number of piperazine rings is 1. The molecule has 0 spiro atoms. The molecule has 1 atom stereocenters. The number of nitrogens with one attached hydrogen (secondary N) is 1. The van der Waals surface area contributed by atoms with Crippen molar-refractivity contribution in [2.75, 3.05) is 31.1 Å². The Morgan fingerprint density at radius 3 is 2.61 bits per heavy atom. The molecule has 3 rings (SSSR count). The first-order valence-corrected chi connectivity index (χ1v) is 8.58. The predicted molar refractivity (Wildman–Crippen MR) is 91.0 cm³/mol. The quantitative estimate of drug-likeness (QED) is 0.885. The van der Waals surface area contributed by atoms with E-state index in [-0.39, 0.29) is 17.9 Å². The summed E-state index contributed by atoms with van der Waals surface area (Å²) in [6.45, 7) is 2.64. The van der Waals surface area contributed by atoms with Gasteiger partial charge >= 0.3 is 0 Å². The van der Waals surface area contributed by atoms with Crippen LogP contribution in [-0.2, 0) is 9.59 Å². The molecule has 124 valence electrons. The van der Waals surface area contributed by atoms with Gasteiger partial charge in [-0.3, -0.25) is 9.59 Å². The second-order valence-corrected chi connectivity index (χ2v) is 6.76. The lowest BCUT2D eigenvalue weighted by Gasteiger charge is -2.38. The summed E-state index contributed by atoms with van der Waals surface area (Å²) >= 11 is 12.3. The average molecular weight is 356 g/mol. The molecule has 0 unspecified atom stereocenters. The highest BCUT2D eigenvalue weighted by Gasteiger charge is 2.30. The minimum atomic E-state index is -0.363. The molecule has 2 saturated heterocycles. The second kappa shape index (κ2) is 6.97. The van der Waals surface area contributed by atoms with Crippen molar-refractivity contribution in [3.05, 3.63) is 28.2 Å². The number of amides is 2. The molecule has 0 aliphatic carbocycles. The smallest absolute Gasteiger partial charge is 0.245 e. The van der Waals surface area contributed by atoms with E-state index in [0.717, 1.165) is 18.5 Å². The Bertz CT molecular complexity index is 615. The molecular formula is C16H19Cl2N3O2. The molecule has 7 heteroatoms. The van der Waals surface area contributed by atoms with Crippen LogP contribution in [-0.4, -0.2) is 48.9 Å². The second-order valence-electron chi connectivity index (χ2n) is 5.92. The van der Waals surface area contributed by atoms with Crippen molar-refractivity contribution < 1.29 is 9.59 Å². The molecule has 1 aromatic carbocycles. The summed E-state index contributed by atoms with van der Waals surface area (Å²) in [5, 5.41) is 4.10. The zero-order valence-corrected chi connectivity index (χ0v) is 14.2. The Balaban J connectivity index is 1.61. The van der Waals surface area contributed by atoms with Crippen LogP contribution in [0.25, 0.3) is 0 Å². The van der Waals surface area contributed by atoms with E-state index in [1.807, 2.05) is 11.0 Å². The summed E-state index contributed by atoms with van der Waals surface area (Å²) in [5.41, 5.74) is 0.900. The van der Waals surface area contributed by atoms with Gasteiger partial charge in [0.1, 0.15) is 6.04 Å². The van der Waals surface area contributed by atoms with E-state index in [0.29, 0.717) is 42.6 Å². The maximum absolute atomic E-state index is 12.5. The van der Waals surface area contributed by atoms with Gasteiger partial charge in [0.15, 0.2) is 0 Å². The van der Waals surface area contributed by atoms with E-state index in [4.69, 9.17) is 23.2 Å². The van der Waals surface area contributed by atoms with Gasteiger partial charge in [0.25, 0.3) is 0 Å². The molecule has 0 bridgehead atoms. The zero-order valence-electron chi connectivity index (χ0n) is 12.7. The molecule has 2 aliphatic rings. The van der Waals surface area contributed by atoms with Crippen molar-refractivity contribution >= 4 is 40.7 Å². The standard InChI is InChI=1S/C16H19Cl2N3O2/c17-11-4-5-12(18)14(10-11)20-6-8-21(9-7-20)16(23)13-2-1-3-15(22)19-13/h4-5,10,13H,1-3,6-9H2,(H,19,22)/t13-/m1/s1. The molecule has 0 saturated carbocycles. The molecule has 0 radical (unpaired) electrons. The predicted octanol–water partition coefficient (Wildman–Crippen LogP) is 2.31. The lowest BCUT2D eigenvalue weighted by molar-refractivity contribution is -0.138. The monoisotopic (exact) mass is 355 g/mol. The van der Waals surface area contributed by atoms with Gasteiger partial charge in [-0.2, -0.15) is 0 Å². The number of nitrogens with zero attached hydrogens (tertiary/aromatic N) is 2. The molecule has 1 N–H and O–H groups in total. The molecule has 2 amide bonds. The van der Waals surface area contributed by atoms with Crippen molar-refractivity contribution in [2.24, 2.45) is 0 Å². The molecule has 1 aromatic rings. The average Bonchev–Trinajstić information content (AvgIpc) is 2.56. The molecule has 5 nitrogen and oxygen atoms in total. The molecule has 23 heavy (non-hydrogen) atoms. The zero-order chi connectivity index (χ0) is 16.4. The Labute approximate surface area is 145 Å². The van der Waals surface area contributed by atoms with Crippen LogP contribution in [0.1, 0.15) is 19.3 Å². The van der Waals surface area contributed by atoms with Gasteiger partial charge in [-0.15, -0.1) is 0 Å². The molecular weight excluding hydrogens is 337 g/mol. The maximum atomic E-state index is 12.5. The first-order valence-electron chi connectivity index (χ1n) is 7.83. The number of anilines is 1. The van der Waals surface area contributed by atoms with Crippen LogP contribution in [0.5, 0.6) is 0 Å². The largest absolute Gasteiger partial charge is 0.367 e. The molecule has 2 heterocycles. The minimum Gasteiger partial charge on any atom is -0.367 e. The number of rotatable bonds is 2. The van der Waals surface area contributed by atoms with Gasteiger partial charge in [0.2, 0.25) is 11.8 Å². The lowest BCUT2D eigenvalue weighted by atomic mass is 10.0. The summed E-state index contributed by atoms with van der Waals surface area (Å²) in [4.78, 5) is 27.9. The summed E-state index contributed by atoms with van der Waals surface area (Å²) in [5.74, 6) is -0.00571. The van der Waals surface area contributed by atoms with Crippen LogP contribution in [0.3, 0.4) is 0 Å². The Morgan fingerprint density at radius 2 is 1.91 bits per heavy atom. The van der Waals surface area contributed by atoms with Gasteiger partial charge in [-0.25, -0.2) is 0 Å². The lowest BCUT2D eigenvalue weighted by Crippen LogP contribution is -2.56. The van der Waals surface area contributed by atoms with E-state index in [1.54, 1.807) is 12.1 Å². The van der Waals surface area contributed by atoms with Crippen LogP contribution in [0, 0.1) is 0 Å². The van der Waals surface area contributed by atoms with Crippen molar-refractivity contribution in [3.8, 4) is 0 Å². The highest BCUT2D eigenvalue weighted by atomic mass is 35.5. The Kier molecular flexibility index (Phi) is 4.97. The third-order valence-corrected chi connectivity index (χ3v) is 4.92. The van der Waals surface area contributed by atoms with Gasteiger partial charge in [0.05, 0.1) is 10.7 Å². The number of hydrogen-bond acceptors (Lipinski definition) is 3. The van der Waals surface area contributed by atoms with Gasteiger partial charge in [0, 0.05) is 37.6 Å². The fourth-order valence-electron chi connectivity index (χ4n) is 3.11. The topological polar surface area (TPSA) is 52.7 Å². The summed E-state index contributed by atoms with van der Waals surface area (Å²) in [6, 6.07) is 5.04. The summed E-state index contributed by atoms with van der Waals surface area (Å²) in [6.07, 6.45) is 2.02. The van der Waals surface area contributed by atoms with Crippen LogP contribution in [0.15, 0.2) is 18.2 Å². The molecule has 2 aliphatic heterocycles. The molecule has 0 aromatic heterocycles. The van der Waals surface area contributed by atoms with Crippen molar-refractivity contribution in [3.63, 3.8) is 0 Å². The maximum Gasteiger partial charge on any atom is 0.245 e. The van der Waals surface area contributed by atoms with E-state index < -0.39 is 0 Å². The minimum absolute atomic E-state index is 0.0230. The number of piperidine rings is 1. The van der Waals surface area contributed by atoms with Crippen LogP contribution in [0.4, 0.5) is 5.69 Å². The van der Waals surface area contributed by atoms with Crippen molar-refractivity contribution in [2.45, 2.75) is 25.3 Å². The van der Waals surface area contributed by atoms with Gasteiger partial charge < -0.3 is 15.1 Å². The van der Waals surface area contributed by atoms with Crippen LogP contribution < -0.4 is 10.2 Å². The summed E-state index contributed by atoms with van der Waals surface area (Å²) in [7, 11) is 0.